The number of ether oxygens (including phenoxy) is 1. The number of aromatic nitrogens is 1. The monoisotopic (exact) mass is 394 g/mol. The Morgan fingerprint density at radius 1 is 1.28 bits per heavy atom. The molecule has 3 atom stereocenters. The standard InChI is InChI=1S/C24H30N2O3/c1-3-5-19-10-17(2)8-9-23(19)29-16-21(27)15-25-12-18-11-20(14-25)22-6-4-7-24(28)26(22)13-18/h3-4,6-10,18,20-21,27H,1,5,11-16H2,2H3/t18-,20+,21-/m0/s1. The maximum Gasteiger partial charge on any atom is 0.250 e. The molecule has 0 spiro atoms. The summed E-state index contributed by atoms with van der Waals surface area (Å²) in [6.07, 6.45) is 3.19. The zero-order valence-electron chi connectivity index (χ0n) is 17.1. The Morgan fingerprint density at radius 3 is 2.97 bits per heavy atom. The minimum atomic E-state index is -0.551. The Balaban J connectivity index is 1.36. The molecule has 4 rings (SSSR count). The highest BCUT2D eigenvalue weighted by Crippen LogP contribution is 2.34. The SMILES string of the molecule is C=CCc1cc(C)ccc1OC[C@@H](O)CN1C[C@@H]2C[C@H](C1)c1cccc(=O)n1C2. The summed E-state index contributed by atoms with van der Waals surface area (Å²) in [7, 11) is 0. The second-order valence-corrected chi connectivity index (χ2v) is 8.49. The summed E-state index contributed by atoms with van der Waals surface area (Å²) in [5, 5.41) is 10.6. The number of aryl methyl sites for hydroxylation is 1. The largest absolute Gasteiger partial charge is 0.491 e. The number of likely N-dealkylation sites (tertiary alicyclic amines) is 1. The van der Waals surface area contributed by atoms with Crippen molar-refractivity contribution in [1.29, 1.82) is 0 Å². The number of benzene rings is 1. The number of aliphatic hydroxyl groups is 1. The third-order valence-electron chi connectivity index (χ3n) is 6.04. The van der Waals surface area contributed by atoms with Crippen LogP contribution in [0.2, 0.25) is 0 Å². The van der Waals surface area contributed by atoms with E-state index in [0.717, 1.165) is 49.5 Å². The minimum absolute atomic E-state index is 0.104. The van der Waals surface area contributed by atoms with Gasteiger partial charge in [0.25, 0.3) is 5.56 Å². The summed E-state index contributed by atoms with van der Waals surface area (Å²) in [6.45, 7) is 9.31. The smallest absolute Gasteiger partial charge is 0.250 e. The van der Waals surface area contributed by atoms with Gasteiger partial charge in [-0.05, 0) is 43.4 Å². The number of β-amino-alcohol motifs (C(OH)–C–C–N with tert-alkyl or cyclic N) is 1. The van der Waals surface area contributed by atoms with E-state index in [4.69, 9.17) is 4.74 Å². The molecular formula is C24H30N2O3. The second kappa shape index (κ2) is 8.56. The fourth-order valence-electron chi connectivity index (χ4n) is 4.85. The van der Waals surface area contributed by atoms with Gasteiger partial charge in [0.15, 0.2) is 0 Å². The molecule has 0 amide bonds. The van der Waals surface area contributed by atoms with Gasteiger partial charge in [0, 0.05) is 43.9 Å². The second-order valence-electron chi connectivity index (χ2n) is 8.49. The van der Waals surface area contributed by atoms with E-state index in [-0.39, 0.29) is 12.2 Å². The van der Waals surface area contributed by atoms with Crippen molar-refractivity contribution in [3.63, 3.8) is 0 Å². The highest BCUT2D eigenvalue weighted by molar-refractivity contribution is 5.38. The van der Waals surface area contributed by atoms with Gasteiger partial charge in [0.2, 0.25) is 0 Å². The predicted octanol–water partition coefficient (Wildman–Crippen LogP) is 2.74. The van der Waals surface area contributed by atoms with Crippen LogP contribution in [0.25, 0.3) is 0 Å². The van der Waals surface area contributed by atoms with Gasteiger partial charge in [0.1, 0.15) is 18.5 Å². The lowest BCUT2D eigenvalue weighted by atomic mass is 9.83. The average Bonchev–Trinajstić information content (AvgIpc) is 2.68. The summed E-state index contributed by atoms with van der Waals surface area (Å²) in [5.41, 5.74) is 3.53. The number of piperidine rings is 1. The lowest BCUT2D eigenvalue weighted by Crippen LogP contribution is -2.49. The van der Waals surface area contributed by atoms with Crippen molar-refractivity contribution in [2.24, 2.45) is 5.92 Å². The summed E-state index contributed by atoms with van der Waals surface area (Å²) in [4.78, 5) is 14.5. The Bertz CT molecular complexity index is 936. The molecule has 154 valence electrons. The maximum absolute atomic E-state index is 12.2. The molecule has 29 heavy (non-hydrogen) atoms. The maximum atomic E-state index is 12.2. The Hall–Kier alpha value is -2.37. The molecule has 0 unspecified atom stereocenters. The normalized spacial score (nSPS) is 22.0. The topological polar surface area (TPSA) is 54.7 Å². The number of hydrogen-bond donors (Lipinski definition) is 1. The zero-order valence-corrected chi connectivity index (χ0v) is 17.1. The number of hydrogen-bond acceptors (Lipinski definition) is 4. The van der Waals surface area contributed by atoms with Crippen LogP contribution >= 0.6 is 0 Å². The van der Waals surface area contributed by atoms with Crippen LogP contribution in [0.5, 0.6) is 5.75 Å². The van der Waals surface area contributed by atoms with Crippen molar-refractivity contribution in [1.82, 2.24) is 9.47 Å². The van der Waals surface area contributed by atoms with Crippen molar-refractivity contribution in [2.75, 3.05) is 26.2 Å². The number of fused-ring (bicyclic) bond motifs is 4. The zero-order chi connectivity index (χ0) is 20.4. The van der Waals surface area contributed by atoms with Crippen molar-refractivity contribution in [3.8, 4) is 5.75 Å². The first kappa shape index (κ1) is 19.9. The first-order valence-corrected chi connectivity index (χ1v) is 10.5. The van der Waals surface area contributed by atoms with Crippen LogP contribution in [0.1, 0.15) is 29.2 Å². The summed E-state index contributed by atoms with van der Waals surface area (Å²) in [5.74, 6) is 1.64. The quantitative estimate of drug-likeness (QED) is 0.734. The van der Waals surface area contributed by atoms with Crippen LogP contribution < -0.4 is 10.3 Å². The minimum Gasteiger partial charge on any atom is -0.491 e. The van der Waals surface area contributed by atoms with Crippen LogP contribution in [-0.2, 0) is 13.0 Å². The predicted molar refractivity (Wildman–Crippen MR) is 115 cm³/mol. The third kappa shape index (κ3) is 4.46. The van der Waals surface area contributed by atoms with Crippen LogP contribution in [0.15, 0.2) is 53.8 Å². The van der Waals surface area contributed by atoms with Crippen molar-refractivity contribution in [3.05, 3.63) is 76.2 Å². The number of aliphatic hydroxyl groups excluding tert-OH is 1. The van der Waals surface area contributed by atoms with E-state index in [9.17, 15) is 9.90 Å². The Labute approximate surface area is 172 Å². The number of rotatable bonds is 7. The third-order valence-corrected chi connectivity index (χ3v) is 6.04. The van der Waals surface area contributed by atoms with Gasteiger partial charge < -0.3 is 14.4 Å². The molecule has 1 fully saturated rings. The molecule has 2 aliphatic heterocycles. The fourth-order valence-corrected chi connectivity index (χ4v) is 4.85. The Kier molecular flexibility index (Phi) is 5.88. The van der Waals surface area contributed by atoms with Gasteiger partial charge in [-0.15, -0.1) is 6.58 Å². The van der Waals surface area contributed by atoms with E-state index in [1.807, 2.05) is 28.8 Å². The van der Waals surface area contributed by atoms with Gasteiger partial charge in [-0.3, -0.25) is 9.69 Å². The lowest BCUT2D eigenvalue weighted by Gasteiger charge is -2.43. The average molecular weight is 395 g/mol. The highest BCUT2D eigenvalue weighted by atomic mass is 16.5. The van der Waals surface area contributed by atoms with Crippen LogP contribution in [-0.4, -0.2) is 46.9 Å². The van der Waals surface area contributed by atoms with Gasteiger partial charge in [-0.2, -0.15) is 0 Å². The van der Waals surface area contributed by atoms with E-state index in [2.05, 4.69) is 30.5 Å². The molecule has 0 aliphatic carbocycles. The molecule has 5 nitrogen and oxygen atoms in total. The fraction of sp³-hybridized carbons (Fsp3) is 0.458. The molecule has 2 bridgehead atoms. The molecule has 1 N–H and O–H groups in total. The molecule has 3 heterocycles. The molecule has 5 heteroatoms. The van der Waals surface area contributed by atoms with Gasteiger partial charge in [-0.25, -0.2) is 0 Å². The molecule has 1 aromatic heterocycles. The van der Waals surface area contributed by atoms with E-state index in [1.165, 1.54) is 5.56 Å². The highest BCUT2D eigenvalue weighted by Gasteiger charge is 2.34. The van der Waals surface area contributed by atoms with E-state index in [1.54, 1.807) is 6.07 Å². The molecular weight excluding hydrogens is 364 g/mol. The molecule has 2 aromatic rings. The molecule has 2 aliphatic rings. The molecule has 0 radical (unpaired) electrons. The van der Waals surface area contributed by atoms with Crippen molar-refractivity contribution in [2.45, 2.75) is 38.3 Å². The molecule has 1 aromatic carbocycles. The number of allylic oxidation sites excluding steroid dienone is 1. The molecule has 0 saturated carbocycles. The summed E-state index contributed by atoms with van der Waals surface area (Å²) >= 11 is 0. The van der Waals surface area contributed by atoms with E-state index < -0.39 is 6.10 Å². The summed E-state index contributed by atoms with van der Waals surface area (Å²) < 4.78 is 7.88. The molecule has 1 saturated heterocycles. The first-order valence-electron chi connectivity index (χ1n) is 10.5. The van der Waals surface area contributed by atoms with Gasteiger partial charge in [0.05, 0.1) is 0 Å². The van der Waals surface area contributed by atoms with Crippen LogP contribution in [0, 0.1) is 12.8 Å². The van der Waals surface area contributed by atoms with Crippen molar-refractivity contribution < 1.29 is 9.84 Å². The van der Waals surface area contributed by atoms with Gasteiger partial charge in [-0.1, -0.05) is 29.8 Å². The summed E-state index contributed by atoms with van der Waals surface area (Å²) in [6, 6.07) is 11.7. The first-order chi connectivity index (χ1) is 14.0. The van der Waals surface area contributed by atoms with Crippen molar-refractivity contribution >= 4 is 0 Å². The lowest BCUT2D eigenvalue weighted by molar-refractivity contribution is 0.0382. The Morgan fingerprint density at radius 2 is 2.14 bits per heavy atom. The van der Waals surface area contributed by atoms with Crippen LogP contribution in [0.3, 0.4) is 0 Å². The van der Waals surface area contributed by atoms with E-state index in [0.29, 0.717) is 18.4 Å². The van der Waals surface area contributed by atoms with Crippen LogP contribution in [0.4, 0.5) is 0 Å². The van der Waals surface area contributed by atoms with Gasteiger partial charge >= 0.3 is 0 Å². The van der Waals surface area contributed by atoms with E-state index >= 15 is 0 Å². The number of pyridine rings is 1. The number of nitrogens with zero attached hydrogens (tertiary/aromatic N) is 2.